The molecule has 0 amide bonds. The van der Waals surface area contributed by atoms with Crippen molar-refractivity contribution in [3.63, 3.8) is 0 Å². The Labute approximate surface area is 102 Å². The van der Waals surface area contributed by atoms with Crippen molar-refractivity contribution in [2.45, 2.75) is 19.9 Å². The molecule has 0 aliphatic rings. The van der Waals surface area contributed by atoms with Gasteiger partial charge in [-0.25, -0.2) is 8.42 Å². The van der Waals surface area contributed by atoms with E-state index in [4.69, 9.17) is 11.6 Å². The van der Waals surface area contributed by atoms with Gasteiger partial charge in [0.15, 0.2) is 0 Å². The summed E-state index contributed by atoms with van der Waals surface area (Å²) in [6, 6.07) is 7.03. The third-order valence-electron chi connectivity index (χ3n) is 2.70. The molecule has 0 bridgehead atoms. The minimum absolute atomic E-state index is 0.113. The number of benzene rings is 1. The number of rotatable bonds is 4. The van der Waals surface area contributed by atoms with Crippen LogP contribution in [0.15, 0.2) is 24.3 Å². The fourth-order valence-electron chi connectivity index (χ4n) is 1.40. The van der Waals surface area contributed by atoms with E-state index in [1.54, 1.807) is 26.1 Å². The van der Waals surface area contributed by atoms with E-state index in [-0.39, 0.29) is 11.8 Å². The summed E-state index contributed by atoms with van der Waals surface area (Å²) in [6.07, 6.45) is 0. The molecule has 1 aromatic carbocycles. The van der Waals surface area contributed by atoms with Crippen molar-refractivity contribution in [2.24, 2.45) is 0 Å². The molecule has 90 valence electrons. The number of nitrogens with zero attached hydrogens (tertiary/aromatic N) is 1. The SMILES string of the molecule is CCS(=O)(=O)N(C)[C@@H](C)c1ccc(Cl)cc1. The highest BCUT2D eigenvalue weighted by Crippen LogP contribution is 2.22. The number of hydrogen-bond donors (Lipinski definition) is 0. The molecule has 0 radical (unpaired) electrons. The summed E-state index contributed by atoms with van der Waals surface area (Å²) in [6.45, 7) is 3.50. The van der Waals surface area contributed by atoms with Gasteiger partial charge in [-0.15, -0.1) is 0 Å². The van der Waals surface area contributed by atoms with Crippen LogP contribution >= 0.6 is 11.6 Å². The second kappa shape index (κ2) is 5.17. The molecule has 0 heterocycles. The van der Waals surface area contributed by atoms with Crippen LogP contribution in [-0.4, -0.2) is 25.5 Å². The van der Waals surface area contributed by atoms with E-state index in [2.05, 4.69) is 0 Å². The second-order valence-electron chi connectivity index (χ2n) is 3.64. The quantitative estimate of drug-likeness (QED) is 0.836. The van der Waals surface area contributed by atoms with E-state index in [1.165, 1.54) is 4.31 Å². The molecule has 1 aromatic rings. The Bertz CT molecular complexity index is 442. The lowest BCUT2D eigenvalue weighted by Gasteiger charge is -2.24. The standard InChI is InChI=1S/C11H16ClNO2S/c1-4-16(14,15)13(3)9(2)10-5-7-11(12)8-6-10/h5-9H,4H2,1-3H3/t9-/m0/s1. The van der Waals surface area contributed by atoms with Crippen LogP contribution < -0.4 is 0 Å². The molecule has 5 heteroatoms. The van der Waals surface area contributed by atoms with Gasteiger partial charge in [0.25, 0.3) is 0 Å². The normalized spacial score (nSPS) is 14.1. The topological polar surface area (TPSA) is 37.4 Å². The van der Waals surface area contributed by atoms with Crippen molar-refractivity contribution in [3.05, 3.63) is 34.9 Å². The lowest BCUT2D eigenvalue weighted by Crippen LogP contribution is -2.30. The molecule has 1 atom stereocenters. The summed E-state index contributed by atoms with van der Waals surface area (Å²) in [5.41, 5.74) is 0.934. The van der Waals surface area contributed by atoms with Crippen LogP contribution in [0.1, 0.15) is 25.5 Å². The first-order valence-corrected chi connectivity index (χ1v) is 7.08. The Kier molecular flexibility index (Phi) is 4.35. The zero-order valence-corrected chi connectivity index (χ0v) is 11.2. The van der Waals surface area contributed by atoms with Crippen LogP contribution in [0.2, 0.25) is 5.02 Å². The van der Waals surface area contributed by atoms with Crippen LogP contribution in [0.5, 0.6) is 0 Å². The molecule has 0 N–H and O–H groups in total. The summed E-state index contributed by atoms with van der Waals surface area (Å²) in [5, 5.41) is 0.650. The van der Waals surface area contributed by atoms with Crippen molar-refractivity contribution >= 4 is 21.6 Å². The highest BCUT2D eigenvalue weighted by atomic mass is 35.5. The van der Waals surface area contributed by atoms with Gasteiger partial charge in [0.1, 0.15) is 0 Å². The van der Waals surface area contributed by atoms with E-state index in [0.717, 1.165) is 5.56 Å². The lowest BCUT2D eigenvalue weighted by molar-refractivity contribution is 0.399. The van der Waals surface area contributed by atoms with Gasteiger partial charge in [0.05, 0.1) is 5.75 Å². The maximum Gasteiger partial charge on any atom is 0.214 e. The van der Waals surface area contributed by atoms with Gasteiger partial charge in [0, 0.05) is 18.1 Å². The van der Waals surface area contributed by atoms with Crippen LogP contribution in [-0.2, 0) is 10.0 Å². The maximum absolute atomic E-state index is 11.7. The zero-order chi connectivity index (χ0) is 12.3. The largest absolute Gasteiger partial charge is 0.214 e. The van der Waals surface area contributed by atoms with Gasteiger partial charge in [-0.1, -0.05) is 23.7 Å². The fraction of sp³-hybridized carbons (Fsp3) is 0.455. The van der Waals surface area contributed by atoms with E-state index in [0.29, 0.717) is 5.02 Å². The van der Waals surface area contributed by atoms with Crippen molar-refractivity contribution in [1.29, 1.82) is 0 Å². The minimum Gasteiger partial charge on any atom is -0.212 e. The average molecular weight is 262 g/mol. The third-order valence-corrected chi connectivity index (χ3v) is 4.88. The zero-order valence-electron chi connectivity index (χ0n) is 9.64. The van der Waals surface area contributed by atoms with Crippen LogP contribution in [0, 0.1) is 0 Å². The second-order valence-corrected chi connectivity index (χ2v) is 6.40. The molecule has 0 aliphatic heterocycles. The molecule has 0 unspecified atom stereocenters. The third kappa shape index (κ3) is 2.97. The minimum atomic E-state index is -3.16. The summed E-state index contributed by atoms with van der Waals surface area (Å²) in [7, 11) is -1.56. The van der Waals surface area contributed by atoms with E-state index < -0.39 is 10.0 Å². The van der Waals surface area contributed by atoms with Gasteiger partial charge >= 0.3 is 0 Å². The molecule has 0 spiro atoms. The summed E-state index contributed by atoms with van der Waals surface area (Å²) < 4.78 is 24.7. The Balaban J connectivity index is 2.94. The molecule has 3 nitrogen and oxygen atoms in total. The number of sulfonamides is 1. The Morgan fingerprint density at radius 2 is 1.81 bits per heavy atom. The molecule has 0 aromatic heterocycles. The van der Waals surface area contributed by atoms with Crippen molar-refractivity contribution in [3.8, 4) is 0 Å². The van der Waals surface area contributed by atoms with Crippen molar-refractivity contribution in [2.75, 3.05) is 12.8 Å². The summed E-state index contributed by atoms with van der Waals surface area (Å²) in [5.74, 6) is 0.113. The van der Waals surface area contributed by atoms with Gasteiger partial charge in [-0.2, -0.15) is 4.31 Å². The lowest BCUT2D eigenvalue weighted by atomic mass is 10.1. The average Bonchev–Trinajstić information content (AvgIpc) is 2.28. The highest BCUT2D eigenvalue weighted by molar-refractivity contribution is 7.89. The molecular weight excluding hydrogens is 246 g/mol. The first-order chi connectivity index (χ1) is 7.38. The van der Waals surface area contributed by atoms with Crippen LogP contribution in [0.4, 0.5) is 0 Å². The monoisotopic (exact) mass is 261 g/mol. The Morgan fingerprint density at radius 1 is 1.31 bits per heavy atom. The molecule has 0 saturated heterocycles. The molecule has 16 heavy (non-hydrogen) atoms. The molecule has 0 saturated carbocycles. The predicted octanol–water partition coefficient (Wildman–Crippen LogP) is 2.68. The molecule has 0 aliphatic carbocycles. The van der Waals surface area contributed by atoms with Gasteiger partial charge in [-0.05, 0) is 31.5 Å². The van der Waals surface area contributed by atoms with E-state index in [1.807, 2.05) is 19.1 Å². The Morgan fingerprint density at radius 3 is 2.25 bits per heavy atom. The predicted molar refractivity (Wildman–Crippen MR) is 67.1 cm³/mol. The van der Waals surface area contributed by atoms with Crippen LogP contribution in [0.25, 0.3) is 0 Å². The smallest absolute Gasteiger partial charge is 0.212 e. The van der Waals surface area contributed by atoms with Gasteiger partial charge in [-0.3, -0.25) is 0 Å². The van der Waals surface area contributed by atoms with Gasteiger partial charge in [0.2, 0.25) is 10.0 Å². The highest BCUT2D eigenvalue weighted by Gasteiger charge is 2.22. The summed E-state index contributed by atoms with van der Waals surface area (Å²) in [4.78, 5) is 0. The number of hydrogen-bond acceptors (Lipinski definition) is 2. The summed E-state index contributed by atoms with van der Waals surface area (Å²) >= 11 is 5.78. The maximum atomic E-state index is 11.7. The number of halogens is 1. The molecular formula is C11H16ClNO2S. The first-order valence-electron chi connectivity index (χ1n) is 5.09. The van der Waals surface area contributed by atoms with Crippen molar-refractivity contribution < 1.29 is 8.42 Å². The molecule has 1 rings (SSSR count). The Hall–Kier alpha value is -0.580. The van der Waals surface area contributed by atoms with E-state index >= 15 is 0 Å². The first kappa shape index (κ1) is 13.5. The van der Waals surface area contributed by atoms with E-state index in [9.17, 15) is 8.42 Å². The fourth-order valence-corrected chi connectivity index (χ4v) is 2.53. The van der Waals surface area contributed by atoms with Gasteiger partial charge < -0.3 is 0 Å². The van der Waals surface area contributed by atoms with Crippen LogP contribution in [0.3, 0.4) is 0 Å². The molecule has 0 fully saturated rings. The van der Waals surface area contributed by atoms with Crippen molar-refractivity contribution in [1.82, 2.24) is 4.31 Å².